The van der Waals surface area contributed by atoms with E-state index in [2.05, 4.69) is 11.6 Å². The van der Waals surface area contributed by atoms with Gasteiger partial charge in [0.15, 0.2) is 0 Å². The van der Waals surface area contributed by atoms with Gasteiger partial charge in [-0.1, -0.05) is 19.1 Å². The minimum absolute atomic E-state index is 0.0583. The molecule has 1 heterocycles. The van der Waals surface area contributed by atoms with E-state index in [1.165, 1.54) is 0 Å². The van der Waals surface area contributed by atoms with Gasteiger partial charge in [-0.15, -0.1) is 0 Å². The summed E-state index contributed by atoms with van der Waals surface area (Å²) >= 11 is 0. The summed E-state index contributed by atoms with van der Waals surface area (Å²) in [6, 6.07) is 7.69. The third-order valence-electron chi connectivity index (χ3n) is 4.52. The number of benzene rings is 1. The Morgan fingerprint density at radius 2 is 2.17 bits per heavy atom. The lowest BCUT2D eigenvalue weighted by Crippen LogP contribution is -2.47. The lowest BCUT2D eigenvalue weighted by molar-refractivity contribution is 0.270. The minimum Gasteiger partial charge on any atom is -0.497 e. The Kier molecular flexibility index (Phi) is 6.62. The standard InChI is InChI=1S/C17H29N3O3S/c1-14-7-6-10-20(13-14)24(21,22)18-12-17(19(2)3)15-8-5-9-16(11-15)23-4/h5,8-9,11,14,17-18H,6-7,10,12-13H2,1-4H3. The third-order valence-corrected chi connectivity index (χ3v) is 6.06. The fraction of sp³-hybridized carbons (Fsp3) is 0.647. The van der Waals surface area contributed by atoms with Crippen molar-refractivity contribution in [1.29, 1.82) is 0 Å². The van der Waals surface area contributed by atoms with Crippen molar-refractivity contribution in [2.75, 3.05) is 40.8 Å². The second kappa shape index (κ2) is 8.29. The van der Waals surface area contributed by atoms with Crippen LogP contribution in [0.2, 0.25) is 0 Å². The Morgan fingerprint density at radius 3 is 2.79 bits per heavy atom. The first-order valence-electron chi connectivity index (χ1n) is 8.38. The largest absolute Gasteiger partial charge is 0.497 e. The first-order chi connectivity index (χ1) is 11.3. The summed E-state index contributed by atoms with van der Waals surface area (Å²) in [5, 5.41) is 0. The lowest BCUT2D eigenvalue weighted by Gasteiger charge is -2.31. The van der Waals surface area contributed by atoms with Crippen LogP contribution in [-0.4, -0.2) is 58.5 Å². The fourth-order valence-electron chi connectivity index (χ4n) is 3.09. The molecular formula is C17H29N3O3S. The molecule has 0 radical (unpaired) electrons. The molecule has 7 heteroatoms. The molecule has 2 unspecified atom stereocenters. The molecule has 6 nitrogen and oxygen atoms in total. The molecule has 2 atom stereocenters. The Balaban J connectivity index is 2.08. The van der Waals surface area contributed by atoms with Crippen LogP contribution in [0.5, 0.6) is 5.75 Å². The van der Waals surface area contributed by atoms with E-state index in [4.69, 9.17) is 4.74 Å². The van der Waals surface area contributed by atoms with E-state index in [1.54, 1.807) is 11.4 Å². The van der Waals surface area contributed by atoms with E-state index in [1.807, 2.05) is 43.3 Å². The van der Waals surface area contributed by atoms with Gasteiger partial charge < -0.3 is 9.64 Å². The number of methoxy groups -OCH3 is 1. The summed E-state index contributed by atoms with van der Waals surface area (Å²) in [4.78, 5) is 2.01. The number of ether oxygens (including phenoxy) is 1. The lowest BCUT2D eigenvalue weighted by atomic mass is 10.0. The quantitative estimate of drug-likeness (QED) is 0.811. The van der Waals surface area contributed by atoms with Gasteiger partial charge in [-0.05, 0) is 50.6 Å². The zero-order valence-corrected chi connectivity index (χ0v) is 15.8. The van der Waals surface area contributed by atoms with Gasteiger partial charge in [-0.25, -0.2) is 4.72 Å². The molecule has 1 aromatic rings. The van der Waals surface area contributed by atoms with E-state index >= 15 is 0 Å². The third kappa shape index (κ3) is 4.92. The van der Waals surface area contributed by atoms with Crippen molar-refractivity contribution in [3.8, 4) is 5.75 Å². The number of nitrogens with zero attached hydrogens (tertiary/aromatic N) is 2. The van der Waals surface area contributed by atoms with Crippen LogP contribution in [0.1, 0.15) is 31.4 Å². The molecule has 0 amide bonds. The van der Waals surface area contributed by atoms with Gasteiger partial charge in [0.1, 0.15) is 5.75 Å². The summed E-state index contributed by atoms with van der Waals surface area (Å²) in [7, 11) is 2.08. The Bertz CT molecular complexity index is 634. The van der Waals surface area contributed by atoms with Crippen molar-refractivity contribution in [3.63, 3.8) is 0 Å². The Morgan fingerprint density at radius 1 is 1.42 bits per heavy atom. The molecule has 1 saturated heterocycles. The molecule has 24 heavy (non-hydrogen) atoms. The SMILES string of the molecule is COc1cccc(C(CNS(=O)(=O)N2CCCC(C)C2)N(C)C)c1. The van der Waals surface area contributed by atoms with E-state index < -0.39 is 10.2 Å². The van der Waals surface area contributed by atoms with Crippen LogP contribution in [-0.2, 0) is 10.2 Å². The Labute approximate surface area is 146 Å². The van der Waals surface area contributed by atoms with Crippen molar-refractivity contribution in [3.05, 3.63) is 29.8 Å². The van der Waals surface area contributed by atoms with E-state index in [9.17, 15) is 8.42 Å². The van der Waals surface area contributed by atoms with Crippen molar-refractivity contribution in [2.24, 2.45) is 5.92 Å². The smallest absolute Gasteiger partial charge is 0.279 e. The van der Waals surface area contributed by atoms with Crippen LogP contribution in [0.15, 0.2) is 24.3 Å². The highest BCUT2D eigenvalue weighted by Crippen LogP contribution is 2.23. The minimum atomic E-state index is -3.44. The van der Waals surface area contributed by atoms with E-state index in [0.29, 0.717) is 25.6 Å². The average Bonchev–Trinajstić information content (AvgIpc) is 2.55. The predicted molar refractivity (Wildman–Crippen MR) is 96.3 cm³/mol. The first-order valence-corrected chi connectivity index (χ1v) is 9.82. The highest BCUT2D eigenvalue weighted by Gasteiger charge is 2.28. The van der Waals surface area contributed by atoms with Crippen LogP contribution in [0, 0.1) is 5.92 Å². The second-order valence-corrected chi connectivity index (χ2v) is 8.47. The molecule has 0 aliphatic carbocycles. The molecule has 136 valence electrons. The number of hydrogen-bond donors (Lipinski definition) is 1. The Hall–Kier alpha value is -1.15. The van der Waals surface area contributed by atoms with Crippen molar-refractivity contribution in [1.82, 2.24) is 13.9 Å². The fourth-order valence-corrected chi connectivity index (χ4v) is 4.46. The molecule has 0 saturated carbocycles. The number of likely N-dealkylation sites (N-methyl/N-ethyl adjacent to an activating group) is 1. The number of nitrogens with one attached hydrogen (secondary N) is 1. The molecule has 1 aliphatic rings. The summed E-state index contributed by atoms with van der Waals surface area (Å²) in [5.41, 5.74) is 1.02. The summed E-state index contributed by atoms with van der Waals surface area (Å²) in [6.07, 6.45) is 2.02. The molecule has 1 fully saturated rings. The molecule has 2 rings (SSSR count). The van der Waals surface area contributed by atoms with Gasteiger partial charge in [0, 0.05) is 25.7 Å². The molecule has 0 aromatic heterocycles. The van der Waals surface area contributed by atoms with Crippen molar-refractivity contribution >= 4 is 10.2 Å². The topological polar surface area (TPSA) is 61.9 Å². The summed E-state index contributed by atoms with van der Waals surface area (Å²) in [5.74, 6) is 1.19. The molecule has 1 N–H and O–H groups in total. The second-order valence-electron chi connectivity index (χ2n) is 6.71. The molecule has 0 spiro atoms. The number of hydrogen-bond acceptors (Lipinski definition) is 4. The normalized spacial score (nSPS) is 21.0. The summed E-state index contributed by atoms with van der Waals surface area (Å²) in [6.45, 7) is 3.63. The van der Waals surface area contributed by atoms with E-state index in [0.717, 1.165) is 24.2 Å². The first kappa shape index (κ1) is 19.2. The van der Waals surface area contributed by atoms with Crippen LogP contribution in [0.3, 0.4) is 0 Å². The molecule has 0 bridgehead atoms. The highest BCUT2D eigenvalue weighted by atomic mass is 32.2. The van der Waals surface area contributed by atoms with Gasteiger partial charge in [0.25, 0.3) is 10.2 Å². The van der Waals surface area contributed by atoms with Crippen molar-refractivity contribution < 1.29 is 13.2 Å². The van der Waals surface area contributed by atoms with E-state index in [-0.39, 0.29) is 6.04 Å². The molecule has 1 aromatic carbocycles. The monoisotopic (exact) mass is 355 g/mol. The van der Waals surface area contributed by atoms with Crippen LogP contribution < -0.4 is 9.46 Å². The van der Waals surface area contributed by atoms with Crippen LogP contribution in [0.4, 0.5) is 0 Å². The maximum absolute atomic E-state index is 12.6. The van der Waals surface area contributed by atoms with Gasteiger partial charge >= 0.3 is 0 Å². The van der Waals surface area contributed by atoms with Crippen LogP contribution >= 0.6 is 0 Å². The highest BCUT2D eigenvalue weighted by molar-refractivity contribution is 7.87. The van der Waals surface area contributed by atoms with Gasteiger partial charge in [0.05, 0.1) is 7.11 Å². The van der Waals surface area contributed by atoms with Gasteiger partial charge in [-0.2, -0.15) is 12.7 Å². The van der Waals surface area contributed by atoms with Crippen LogP contribution in [0.25, 0.3) is 0 Å². The molecule has 1 aliphatic heterocycles. The van der Waals surface area contributed by atoms with Crippen molar-refractivity contribution in [2.45, 2.75) is 25.8 Å². The molecular weight excluding hydrogens is 326 g/mol. The summed E-state index contributed by atoms with van der Waals surface area (Å²) < 4.78 is 34.8. The number of piperidine rings is 1. The zero-order valence-electron chi connectivity index (χ0n) is 15.0. The predicted octanol–water partition coefficient (Wildman–Crippen LogP) is 1.86. The maximum atomic E-state index is 12.6. The average molecular weight is 356 g/mol. The van der Waals surface area contributed by atoms with Gasteiger partial charge in [0.2, 0.25) is 0 Å². The number of rotatable bonds is 7. The van der Waals surface area contributed by atoms with Gasteiger partial charge in [-0.3, -0.25) is 0 Å². The maximum Gasteiger partial charge on any atom is 0.279 e. The zero-order chi connectivity index (χ0) is 17.7.